The fourth-order valence-electron chi connectivity index (χ4n) is 0.604. The van der Waals surface area contributed by atoms with Crippen LogP contribution in [0.4, 0.5) is 0 Å². The largest absolute Gasteiger partial charge is 0.400 e. The number of hydrogen-bond donors (Lipinski definition) is 1. The summed E-state index contributed by atoms with van der Waals surface area (Å²) >= 11 is 0. The Bertz CT molecular complexity index is 28.4. The third-order valence-electron chi connectivity index (χ3n) is 1.10. The summed E-state index contributed by atoms with van der Waals surface area (Å²) in [6, 6.07) is 0. The third-order valence-corrected chi connectivity index (χ3v) is 1.10. The fraction of sp³-hybridized carbons (Fsp3) is 0.875. The Morgan fingerprint density at radius 3 is 1.90 bits per heavy atom. The van der Waals surface area contributed by atoms with Crippen LogP contribution in [0.25, 0.3) is 0 Å². The van der Waals surface area contributed by atoms with E-state index in [0.29, 0.717) is 0 Å². The van der Waals surface area contributed by atoms with Gasteiger partial charge in [0.15, 0.2) is 0 Å². The van der Waals surface area contributed by atoms with E-state index >= 15 is 0 Å². The van der Waals surface area contributed by atoms with Crippen molar-refractivity contribution in [2.24, 2.45) is 0 Å². The van der Waals surface area contributed by atoms with E-state index in [-0.39, 0.29) is 32.7 Å². The van der Waals surface area contributed by atoms with Crippen LogP contribution in [0.15, 0.2) is 0 Å². The van der Waals surface area contributed by atoms with Crippen molar-refractivity contribution in [3.8, 4) is 0 Å². The topological polar surface area (TPSA) is 20.2 Å². The van der Waals surface area contributed by atoms with Crippen LogP contribution in [-0.2, 0) is 32.7 Å². The van der Waals surface area contributed by atoms with E-state index in [4.69, 9.17) is 5.11 Å². The Kier molecular flexibility index (Phi) is 38.7. The molecule has 0 unspecified atom stereocenters. The first-order valence-corrected chi connectivity index (χ1v) is 3.65. The van der Waals surface area contributed by atoms with Crippen LogP contribution in [0, 0.1) is 6.92 Å². The number of unbranched alkanes of at least 4 members (excludes halogenated alkanes) is 4. The van der Waals surface area contributed by atoms with E-state index < -0.39 is 0 Å². The zero-order chi connectivity index (χ0) is 7.54. The molecule has 0 aliphatic rings. The van der Waals surface area contributed by atoms with Crippen LogP contribution in [0.2, 0.25) is 0 Å². The molecular formula is C8H19OY-. The summed E-state index contributed by atoms with van der Waals surface area (Å²) in [5.41, 5.74) is 0. The first-order valence-electron chi connectivity index (χ1n) is 3.65. The van der Waals surface area contributed by atoms with Crippen molar-refractivity contribution in [1.82, 2.24) is 0 Å². The summed E-state index contributed by atoms with van der Waals surface area (Å²) in [7, 11) is 1.00. The third kappa shape index (κ3) is 23.0. The summed E-state index contributed by atoms with van der Waals surface area (Å²) in [5, 5.41) is 7.00. The van der Waals surface area contributed by atoms with Crippen LogP contribution < -0.4 is 0 Å². The van der Waals surface area contributed by atoms with E-state index in [2.05, 4.69) is 13.8 Å². The molecule has 10 heavy (non-hydrogen) atoms. The second-order valence-electron chi connectivity index (χ2n) is 1.91. The van der Waals surface area contributed by atoms with Gasteiger partial charge in [0.05, 0.1) is 0 Å². The second kappa shape index (κ2) is 22.5. The van der Waals surface area contributed by atoms with Gasteiger partial charge in [-0.2, -0.15) is 6.42 Å². The smallest absolute Gasteiger partial charge is 0.0319 e. The molecule has 0 fully saturated rings. The van der Waals surface area contributed by atoms with Gasteiger partial charge < -0.3 is 12.0 Å². The first kappa shape index (κ1) is 17.2. The number of rotatable bonds is 4. The summed E-state index contributed by atoms with van der Waals surface area (Å²) < 4.78 is 0. The molecule has 0 aliphatic carbocycles. The first-order chi connectivity index (χ1) is 4.41. The maximum absolute atomic E-state index is 7.00. The Morgan fingerprint density at radius 2 is 1.60 bits per heavy atom. The molecular weight excluding hydrogens is 201 g/mol. The molecule has 0 aromatic rings. The summed E-state index contributed by atoms with van der Waals surface area (Å²) in [5.74, 6) is 0. The number of aliphatic hydroxyl groups is 1. The van der Waals surface area contributed by atoms with Crippen LogP contribution in [-0.4, -0.2) is 12.2 Å². The second-order valence-corrected chi connectivity index (χ2v) is 1.91. The minimum absolute atomic E-state index is 0. The van der Waals surface area contributed by atoms with Gasteiger partial charge in [0, 0.05) is 39.8 Å². The van der Waals surface area contributed by atoms with Crippen LogP contribution in [0.3, 0.4) is 0 Å². The van der Waals surface area contributed by atoms with Gasteiger partial charge in [-0.3, -0.25) is 0 Å². The summed E-state index contributed by atoms with van der Waals surface area (Å²) in [6.07, 6.45) is 6.52. The van der Waals surface area contributed by atoms with Gasteiger partial charge in [-0.15, -0.1) is 0 Å². The Balaban J connectivity index is -0.000000149. The van der Waals surface area contributed by atoms with E-state index in [1.807, 2.05) is 0 Å². The molecule has 0 spiro atoms. The van der Waals surface area contributed by atoms with E-state index in [9.17, 15) is 0 Å². The Hall–Kier alpha value is 1.06. The molecule has 0 aromatic carbocycles. The van der Waals surface area contributed by atoms with Gasteiger partial charge in [0.25, 0.3) is 0 Å². The van der Waals surface area contributed by atoms with Gasteiger partial charge in [0.1, 0.15) is 0 Å². The zero-order valence-corrected chi connectivity index (χ0v) is 10.1. The molecule has 2 heteroatoms. The monoisotopic (exact) mass is 220 g/mol. The van der Waals surface area contributed by atoms with E-state index in [1.165, 1.54) is 25.7 Å². The number of hydrogen-bond acceptors (Lipinski definition) is 1. The van der Waals surface area contributed by atoms with Crippen LogP contribution >= 0.6 is 0 Å². The molecule has 0 rings (SSSR count). The van der Waals surface area contributed by atoms with Gasteiger partial charge in [0.2, 0.25) is 0 Å². The van der Waals surface area contributed by atoms with Crippen molar-refractivity contribution in [3.63, 3.8) is 0 Å². The maximum atomic E-state index is 7.00. The van der Waals surface area contributed by atoms with E-state index in [0.717, 1.165) is 13.5 Å². The summed E-state index contributed by atoms with van der Waals surface area (Å²) in [4.78, 5) is 0. The molecule has 0 saturated carbocycles. The predicted octanol–water partition coefficient (Wildman–Crippen LogP) is 2.40. The minimum Gasteiger partial charge on any atom is -0.400 e. The molecule has 61 valence electrons. The fourth-order valence-corrected chi connectivity index (χ4v) is 0.604. The maximum Gasteiger partial charge on any atom is 0.0319 e. The van der Waals surface area contributed by atoms with Crippen molar-refractivity contribution in [1.29, 1.82) is 0 Å². The van der Waals surface area contributed by atoms with Crippen LogP contribution in [0.5, 0.6) is 0 Å². The molecule has 0 aromatic heterocycles. The van der Waals surface area contributed by atoms with Gasteiger partial charge in [-0.1, -0.05) is 32.6 Å². The van der Waals surface area contributed by atoms with Crippen molar-refractivity contribution < 1.29 is 37.8 Å². The van der Waals surface area contributed by atoms with Crippen LogP contribution in [0.1, 0.15) is 39.0 Å². The van der Waals surface area contributed by atoms with Gasteiger partial charge >= 0.3 is 0 Å². The van der Waals surface area contributed by atoms with Gasteiger partial charge in [-0.25, -0.2) is 0 Å². The molecule has 1 radical (unpaired) electrons. The quantitative estimate of drug-likeness (QED) is 0.569. The molecule has 0 bridgehead atoms. The average molecular weight is 220 g/mol. The normalized spacial score (nSPS) is 7.20. The van der Waals surface area contributed by atoms with Crippen molar-refractivity contribution in [3.05, 3.63) is 6.92 Å². The summed E-state index contributed by atoms with van der Waals surface area (Å²) in [6.45, 7) is 5.98. The van der Waals surface area contributed by atoms with Crippen molar-refractivity contribution >= 4 is 0 Å². The molecule has 0 amide bonds. The molecule has 0 aliphatic heterocycles. The Morgan fingerprint density at radius 1 is 1.10 bits per heavy atom. The Labute approximate surface area is 90.5 Å². The number of aliphatic hydroxyl groups excluding tert-OH is 1. The molecule has 0 heterocycles. The van der Waals surface area contributed by atoms with E-state index in [1.54, 1.807) is 0 Å². The average Bonchev–Trinajstić information content (AvgIpc) is 1.94. The molecule has 1 nitrogen and oxygen atoms in total. The van der Waals surface area contributed by atoms with Crippen molar-refractivity contribution in [2.75, 3.05) is 7.11 Å². The standard InChI is InChI=1S/C7H15.CH4O.Y/c1-3-5-7-6-4-2;1-2;/h1,3-7H2,2H3;2H,1H3;/q-1;;. The SMILES string of the molecule is CO.[CH2-]CCCCCC.[Y]. The predicted molar refractivity (Wildman–Crippen MR) is 42.3 cm³/mol. The molecule has 0 atom stereocenters. The zero-order valence-electron chi connectivity index (χ0n) is 7.27. The molecule has 0 saturated heterocycles. The molecule has 1 N–H and O–H groups in total. The minimum atomic E-state index is 0. The van der Waals surface area contributed by atoms with Gasteiger partial charge in [-0.05, 0) is 0 Å². The van der Waals surface area contributed by atoms with Crippen molar-refractivity contribution in [2.45, 2.75) is 39.0 Å².